The quantitative estimate of drug-likeness (QED) is 0.620. The highest BCUT2D eigenvalue weighted by Crippen LogP contribution is 2.19. The molecule has 1 heterocycles. The smallest absolute Gasteiger partial charge is 0.251 e. The number of benzene rings is 2. The third kappa shape index (κ3) is 6.41. The number of rotatable bonds is 8. The van der Waals surface area contributed by atoms with Gasteiger partial charge in [0.05, 0.1) is 11.4 Å². The topological polar surface area (TPSA) is 78.5 Å². The first-order valence-electron chi connectivity index (χ1n) is 10.5. The SMILES string of the molecule is C#CCNS(=O)(=O)c1ccc(C(=O)NCc2ccc(CN3CCCCC3C)cc2)cc1. The van der Waals surface area contributed by atoms with Gasteiger partial charge in [-0.1, -0.05) is 36.6 Å². The van der Waals surface area contributed by atoms with Crippen molar-refractivity contribution in [2.45, 2.75) is 50.2 Å². The highest BCUT2D eigenvalue weighted by atomic mass is 32.2. The van der Waals surface area contributed by atoms with Crippen LogP contribution in [-0.4, -0.2) is 38.4 Å². The van der Waals surface area contributed by atoms with E-state index in [9.17, 15) is 13.2 Å². The van der Waals surface area contributed by atoms with E-state index in [1.807, 2.05) is 12.1 Å². The highest BCUT2D eigenvalue weighted by molar-refractivity contribution is 7.89. The van der Waals surface area contributed by atoms with Gasteiger partial charge in [-0.3, -0.25) is 9.69 Å². The number of hydrogen-bond donors (Lipinski definition) is 2. The number of nitrogens with zero attached hydrogens (tertiary/aromatic N) is 1. The molecule has 7 heteroatoms. The van der Waals surface area contributed by atoms with Gasteiger partial charge in [-0.25, -0.2) is 8.42 Å². The van der Waals surface area contributed by atoms with E-state index in [4.69, 9.17) is 6.42 Å². The molecule has 0 radical (unpaired) electrons. The normalized spacial score (nSPS) is 17.1. The van der Waals surface area contributed by atoms with E-state index < -0.39 is 10.0 Å². The van der Waals surface area contributed by atoms with Gasteiger partial charge in [0.2, 0.25) is 10.0 Å². The zero-order chi connectivity index (χ0) is 22.3. The van der Waals surface area contributed by atoms with Crippen LogP contribution < -0.4 is 10.0 Å². The van der Waals surface area contributed by atoms with Gasteiger partial charge < -0.3 is 5.32 Å². The maximum Gasteiger partial charge on any atom is 0.251 e. The Balaban J connectivity index is 1.53. The minimum atomic E-state index is -3.67. The van der Waals surface area contributed by atoms with Gasteiger partial charge >= 0.3 is 0 Å². The molecule has 1 atom stereocenters. The fraction of sp³-hybridized carbons (Fsp3) is 0.375. The van der Waals surface area contributed by atoms with Crippen molar-refractivity contribution < 1.29 is 13.2 Å². The Kier molecular flexibility index (Phi) is 7.85. The summed E-state index contributed by atoms with van der Waals surface area (Å²) < 4.78 is 26.4. The Morgan fingerprint density at radius 1 is 1.10 bits per heavy atom. The van der Waals surface area contributed by atoms with Crippen LogP contribution in [0.25, 0.3) is 0 Å². The van der Waals surface area contributed by atoms with Crippen LogP contribution in [0.4, 0.5) is 0 Å². The van der Waals surface area contributed by atoms with Gasteiger partial charge in [-0.2, -0.15) is 4.72 Å². The molecular formula is C24H29N3O3S. The lowest BCUT2D eigenvalue weighted by Gasteiger charge is -2.33. The number of terminal acetylenes is 1. The Labute approximate surface area is 185 Å². The van der Waals surface area contributed by atoms with Crippen LogP contribution in [0.2, 0.25) is 0 Å². The van der Waals surface area contributed by atoms with Crippen LogP contribution in [0.3, 0.4) is 0 Å². The number of amides is 1. The van der Waals surface area contributed by atoms with E-state index in [1.165, 1.54) is 49.1 Å². The first-order valence-corrected chi connectivity index (χ1v) is 12.0. The Hall–Kier alpha value is -2.66. The second-order valence-electron chi connectivity index (χ2n) is 7.87. The van der Waals surface area contributed by atoms with Crippen LogP contribution in [0.15, 0.2) is 53.4 Å². The molecule has 0 aliphatic carbocycles. The van der Waals surface area contributed by atoms with Crippen molar-refractivity contribution in [3.05, 3.63) is 65.2 Å². The monoisotopic (exact) mass is 439 g/mol. The molecule has 0 aromatic heterocycles. The van der Waals surface area contributed by atoms with Gasteiger partial charge in [-0.15, -0.1) is 6.42 Å². The third-order valence-corrected chi connectivity index (χ3v) is 7.01. The van der Waals surface area contributed by atoms with E-state index >= 15 is 0 Å². The van der Waals surface area contributed by atoms with Crippen molar-refractivity contribution in [1.82, 2.24) is 14.9 Å². The minimum absolute atomic E-state index is 0.0675. The molecule has 2 aromatic rings. The summed E-state index contributed by atoms with van der Waals surface area (Å²) in [4.78, 5) is 15.0. The number of carbonyl (C=O) groups is 1. The van der Waals surface area contributed by atoms with Crippen molar-refractivity contribution >= 4 is 15.9 Å². The minimum Gasteiger partial charge on any atom is -0.348 e. The largest absolute Gasteiger partial charge is 0.348 e. The number of likely N-dealkylation sites (tertiary alicyclic amines) is 1. The summed E-state index contributed by atoms with van der Waals surface area (Å²) in [6.07, 6.45) is 8.93. The van der Waals surface area contributed by atoms with Crippen LogP contribution in [-0.2, 0) is 23.1 Å². The molecule has 164 valence electrons. The molecular weight excluding hydrogens is 410 g/mol. The van der Waals surface area contributed by atoms with Crippen molar-refractivity contribution in [2.75, 3.05) is 13.1 Å². The Morgan fingerprint density at radius 2 is 1.77 bits per heavy atom. The van der Waals surface area contributed by atoms with Crippen LogP contribution in [0.1, 0.15) is 47.7 Å². The van der Waals surface area contributed by atoms with Crippen LogP contribution in [0.5, 0.6) is 0 Å². The van der Waals surface area contributed by atoms with Crippen molar-refractivity contribution in [3.8, 4) is 12.3 Å². The van der Waals surface area contributed by atoms with Crippen molar-refractivity contribution in [3.63, 3.8) is 0 Å². The van der Waals surface area contributed by atoms with Gasteiger partial charge in [0.25, 0.3) is 5.91 Å². The fourth-order valence-electron chi connectivity index (χ4n) is 3.68. The van der Waals surface area contributed by atoms with Gasteiger partial charge in [0.15, 0.2) is 0 Å². The lowest BCUT2D eigenvalue weighted by Crippen LogP contribution is -2.36. The Bertz CT molecular complexity index is 1030. The van der Waals surface area contributed by atoms with Crippen molar-refractivity contribution in [2.24, 2.45) is 0 Å². The van der Waals surface area contributed by atoms with Gasteiger partial charge in [0.1, 0.15) is 0 Å². The molecule has 1 aliphatic heterocycles. The van der Waals surface area contributed by atoms with Crippen molar-refractivity contribution in [1.29, 1.82) is 0 Å². The molecule has 0 bridgehead atoms. The lowest BCUT2D eigenvalue weighted by molar-refractivity contribution is 0.0951. The summed E-state index contributed by atoms with van der Waals surface area (Å²) in [6.45, 7) is 4.72. The standard InChI is InChI=1S/C24H29N3O3S/c1-3-15-26-31(29,30)23-13-11-22(12-14-23)24(28)25-17-20-7-9-21(10-8-20)18-27-16-5-4-6-19(27)2/h1,7-14,19,26H,4-6,15-18H2,2H3,(H,25,28). The number of sulfonamides is 1. The zero-order valence-electron chi connectivity index (χ0n) is 17.8. The molecule has 0 saturated carbocycles. The molecule has 1 amide bonds. The summed E-state index contributed by atoms with van der Waals surface area (Å²) in [7, 11) is -3.67. The summed E-state index contributed by atoms with van der Waals surface area (Å²) in [5.41, 5.74) is 2.69. The first kappa shape index (κ1) is 23.0. The molecule has 3 rings (SSSR count). The maximum absolute atomic E-state index is 12.4. The van der Waals surface area contributed by atoms with Gasteiger partial charge in [-0.05, 0) is 61.7 Å². The first-order chi connectivity index (χ1) is 14.9. The van der Waals surface area contributed by atoms with E-state index in [0.717, 1.165) is 18.7 Å². The number of piperidine rings is 1. The number of carbonyl (C=O) groups excluding carboxylic acids is 1. The fourth-order valence-corrected chi connectivity index (χ4v) is 4.61. The molecule has 1 saturated heterocycles. The average molecular weight is 440 g/mol. The molecule has 1 fully saturated rings. The summed E-state index contributed by atoms with van der Waals surface area (Å²) in [5.74, 6) is 1.97. The third-order valence-electron chi connectivity index (χ3n) is 5.59. The molecule has 2 aromatic carbocycles. The zero-order valence-corrected chi connectivity index (χ0v) is 18.6. The lowest BCUT2D eigenvalue weighted by atomic mass is 10.0. The predicted octanol–water partition coefficient (Wildman–Crippen LogP) is 2.90. The number of nitrogens with one attached hydrogen (secondary N) is 2. The summed E-state index contributed by atoms with van der Waals surface area (Å²) in [5, 5.41) is 2.87. The molecule has 6 nitrogen and oxygen atoms in total. The van der Waals surface area contributed by atoms with E-state index in [2.05, 4.69) is 39.9 Å². The predicted molar refractivity (Wildman–Crippen MR) is 122 cm³/mol. The molecule has 0 spiro atoms. The van der Waals surface area contributed by atoms with Crippen LogP contribution >= 0.6 is 0 Å². The second kappa shape index (κ2) is 10.6. The number of hydrogen-bond acceptors (Lipinski definition) is 4. The maximum atomic E-state index is 12.4. The van der Waals surface area contributed by atoms with Gasteiger partial charge in [0, 0.05) is 24.7 Å². The van der Waals surface area contributed by atoms with E-state index in [0.29, 0.717) is 18.2 Å². The average Bonchev–Trinajstić information content (AvgIpc) is 2.78. The second-order valence-corrected chi connectivity index (χ2v) is 9.63. The summed E-state index contributed by atoms with van der Waals surface area (Å²) >= 11 is 0. The molecule has 1 aliphatic rings. The van der Waals surface area contributed by atoms with Crippen LogP contribution in [0, 0.1) is 12.3 Å². The van der Waals surface area contributed by atoms with E-state index in [1.54, 1.807) is 0 Å². The Morgan fingerprint density at radius 3 is 2.42 bits per heavy atom. The molecule has 31 heavy (non-hydrogen) atoms. The highest BCUT2D eigenvalue weighted by Gasteiger charge is 2.18. The summed E-state index contributed by atoms with van der Waals surface area (Å²) in [6, 6.07) is 14.7. The molecule has 2 N–H and O–H groups in total. The van der Waals surface area contributed by atoms with E-state index in [-0.39, 0.29) is 17.3 Å². The molecule has 1 unspecified atom stereocenters.